The van der Waals surface area contributed by atoms with Gasteiger partial charge in [0.2, 0.25) is 11.8 Å². The van der Waals surface area contributed by atoms with Gasteiger partial charge in [0.05, 0.1) is 17.7 Å². The highest BCUT2D eigenvalue weighted by molar-refractivity contribution is 9.10. The molecule has 0 bridgehead atoms. The predicted octanol–water partition coefficient (Wildman–Crippen LogP) is 2.71. The number of anilines is 1. The molecule has 1 aromatic rings. The molecular weight excluding hydrogens is 358 g/mol. The van der Waals surface area contributed by atoms with Crippen LogP contribution in [0.5, 0.6) is 0 Å². The van der Waals surface area contributed by atoms with Crippen LogP contribution in [0, 0.1) is 17.2 Å². The van der Waals surface area contributed by atoms with E-state index in [2.05, 4.69) is 22.0 Å². The average Bonchev–Trinajstić information content (AvgIpc) is 2.88. The molecule has 1 atom stereocenters. The Bertz CT molecular complexity index is 693. The van der Waals surface area contributed by atoms with Crippen molar-refractivity contribution in [2.75, 3.05) is 18.5 Å². The van der Waals surface area contributed by atoms with Gasteiger partial charge in [-0.15, -0.1) is 0 Å². The number of para-hydroxylation sites is 1. The lowest BCUT2D eigenvalue weighted by molar-refractivity contribution is -0.140. The van der Waals surface area contributed by atoms with E-state index in [9.17, 15) is 14.9 Å². The highest BCUT2D eigenvalue weighted by atomic mass is 79.9. The minimum absolute atomic E-state index is 0.0525. The minimum atomic E-state index is -0.666. The molecule has 1 aliphatic carbocycles. The van der Waals surface area contributed by atoms with Crippen molar-refractivity contribution in [3.63, 3.8) is 0 Å². The highest BCUT2D eigenvalue weighted by Crippen LogP contribution is 2.38. The number of amides is 2. The number of rotatable bonds is 3. The van der Waals surface area contributed by atoms with Crippen LogP contribution in [-0.4, -0.2) is 35.8 Å². The summed E-state index contributed by atoms with van der Waals surface area (Å²) < 4.78 is 0.835. The molecule has 1 heterocycles. The number of hydrogen-bond donors (Lipinski definition) is 0. The zero-order valence-electron chi connectivity index (χ0n) is 13.0. The number of hydrogen-bond acceptors (Lipinski definition) is 3. The van der Waals surface area contributed by atoms with Gasteiger partial charge in [-0.05, 0) is 47.3 Å². The van der Waals surface area contributed by atoms with Crippen molar-refractivity contribution in [2.24, 2.45) is 5.92 Å². The van der Waals surface area contributed by atoms with E-state index < -0.39 is 5.54 Å². The van der Waals surface area contributed by atoms with Crippen molar-refractivity contribution in [1.82, 2.24) is 4.90 Å². The smallest absolute Gasteiger partial charge is 0.229 e. The van der Waals surface area contributed by atoms with Gasteiger partial charge in [0.1, 0.15) is 5.54 Å². The zero-order chi connectivity index (χ0) is 16.6. The van der Waals surface area contributed by atoms with Crippen molar-refractivity contribution in [1.29, 1.82) is 5.26 Å². The van der Waals surface area contributed by atoms with E-state index in [4.69, 9.17) is 0 Å². The zero-order valence-corrected chi connectivity index (χ0v) is 14.5. The Balaban J connectivity index is 1.76. The summed E-state index contributed by atoms with van der Waals surface area (Å²) in [5.41, 5.74) is 0.120. The molecule has 0 N–H and O–H groups in total. The molecule has 0 radical (unpaired) electrons. The molecule has 6 heteroatoms. The fourth-order valence-corrected chi connectivity index (χ4v) is 3.79. The lowest BCUT2D eigenvalue weighted by Crippen LogP contribution is -2.55. The summed E-state index contributed by atoms with van der Waals surface area (Å²) in [7, 11) is 1.69. The van der Waals surface area contributed by atoms with Gasteiger partial charge in [0.15, 0.2) is 0 Å². The Morgan fingerprint density at radius 1 is 1.43 bits per heavy atom. The SMILES string of the molecule is CN(C(=O)C1CC(=O)N(c2ccccc2Br)C1)C1(C#N)CCC1. The first-order chi connectivity index (χ1) is 11.0. The Labute approximate surface area is 144 Å². The second kappa shape index (κ2) is 5.97. The minimum Gasteiger partial charge on any atom is -0.327 e. The van der Waals surface area contributed by atoms with E-state index >= 15 is 0 Å². The number of nitrogens with zero attached hydrogens (tertiary/aromatic N) is 3. The van der Waals surface area contributed by atoms with E-state index in [-0.39, 0.29) is 24.2 Å². The third kappa shape index (κ3) is 2.63. The first kappa shape index (κ1) is 16.0. The van der Waals surface area contributed by atoms with Crippen molar-refractivity contribution < 1.29 is 9.59 Å². The molecule has 2 fully saturated rings. The van der Waals surface area contributed by atoms with Crippen LogP contribution in [0.4, 0.5) is 5.69 Å². The van der Waals surface area contributed by atoms with Gasteiger partial charge in [-0.3, -0.25) is 9.59 Å². The summed E-state index contributed by atoms with van der Waals surface area (Å²) in [5, 5.41) is 9.39. The van der Waals surface area contributed by atoms with Crippen LogP contribution in [0.3, 0.4) is 0 Å². The number of nitriles is 1. The molecule has 23 heavy (non-hydrogen) atoms. The third-order valence-electron chi connectivity index (χ3n) is 4.98. The quantitative estimate of drug-likeness (QED) is 0.815. The maximum absolute atomic E-state index is 12.7. The van der Waals surface area contributed by atoms with Crippen LogP contribution < -0.4 is 4.90 Å². The molecule has 2 aliphatic rings. The van der Waals surface area contributed by atoms with E-state index in [1.165, 1.54) is 0 Å². The van der Waals surface area contributed by atoms with Gasteiger partial charge in [-0.2, -0.15) is 5.26 Å². The van der Waals surface area contributed by atoms with Crippen LogP contribution in [0.25, 0.3) is 0 Å². The second-order valence-corrected chi connectivity index (χ2v) is 7.11. The fraction of sp³-hybridized carbons (Fsp3) is 0.471. The molecule has 1 saturated carbocycles. The van der Waals surface area contributed by atoms with Crippen molar-refractivity contribution in [2.45, 2.75) is 31.2 Å². The molecular formula is C17H18BrN3O2. The van der Waals surface area contributed by atoms with Crippen LogP contribution in [-0.2, 0) is 9.59 Å². The van der Waals surface area contributed by atoms with Crippen LogP contribution >= 0.6 is 15.9 Å². The topological polar surface area (TPSA) is 64.4 Å². The van der Waals surface area contributed by atoms with Gasteiger partial charge in [0, 0.05) is 24.5 Å². The maximum atomic E-state index is 12.7. The Hall–Kier alpha value is -1.87. The first-order valence-corrected chi connectivity index (χ1v) is 8.51. The van der Waals surface area contributed by atoms with E-state index in [0.717, 1.165) is 29.4 Å². The molecule has 1 saturated heterocycles. The number of carbonyl (C=O) groups is 2. The maximum Gasteiger partial charge on any atom is 0.229 e. The number of carbonyl (C=O) groups excluding carboxylic acids is 2. The molecule has 1 aliphatic heterocycles. The normalized spacial score (nSPS) is 22.4. The lowest BCUT2D eigenvalue weighted by Gasteiger charge is -2.43. The lowest BCUT2D eigenvalue weighted by atomic mass is 9.76. The van der Waals surface area contributed by atoms with E-state index in [0.29, 0.717) is 6.54 Å². The summed E-state index contributed by atoms with van der Waals surface area (Å²) in [6, 6.07) is 9.78. The second-order valence-electron chi connectivity index (χ2n) is 6.25. The average molecular weight is 376 g/mol. The monoisotopic (exact) mass is 375 g/mol. The van der Waals surface area contributed by atoms with Crippen LogP contribution in [0.1, 0.15) is 25.7 Å². The Morgan fingerprint density at radius 2 is 2.13 bits per heavy atom. The first-order valence-electron chi connectivity index (χ1n) is 7.72. The molecule has 0 aromatic heterocycles. The van der Waals surface area contributed by atoms with Gasteiger partial charge >= 0.3 is 0 Å². The molecule has 1 unspecified atom stereocenters. The van der Waals surface area contributed by atoms with Crippen LogP contribution in [0.15, 0.2) is 28.7 Å². The van der Waals surface area contributed by atoms with Crippen molar-refractivity contribution in [3.05, 3.63) is 28.7 Å². The molecule has 1 aromatic carbocycles. The summed E-state index contributed by atoms with van der Waals surface area (Å²) in [6.45, 7) is 0.367. The predicted molar refractivity (Wildman–Crippen MR) is 89.6 cm³/mol. The summed E-state index contributed by atoms with van der Waals surface area (Å²) in [6.07, 6.45) is 2.62. The van der Waals surface area contributed by atoms with Gasteiger partial charge in [-0.25, -0.2) is 0 Å². The van der Waals surface area contributed by atoms with Gasteiger partial charge in [0.25, 0.3) is 0 Å². The van der Waals surface area contributed by atoms with Gasteiger partial charge in [-0.1, -0.05) is 12.1 Å². The van der Waals surface area contributed by atoms with E-state index in [1.54, 1.807) is 16.8 Å². The molecule has 2 amide bonds. The van der Waals surface area contributed by atoms with E-state index in [1.807, 2.05) is 24.3 Å². The Kier molecular flexibility index (Phi) is 4.15. The summed E-state index contributed by atoms with van der Waals surface area (Å²) >= 11 is 3.45. The van der Waals surface area contributed by atoms with Crippen molar-refractivity contribution >= 4 is 33.4 Å². The molecule has 3 rings (SSSR count). The number of halogens is 1. The van der Waals surface area contributed by atoms with Crippen molar-refractivity contribution in [3.8, 4) is 6.07 Å². The summed E-state index contributed by atoms with van der Waals surface area (Å²) in [5.74, 6) is -0.539. The highest BCUT2D eigenvalue weighted by Gasteiger charge is 2.47. The largest absolute Gasteiger partial charge is 0.327 e. The van der Waals surface area contributed by atoms with Gasteiger partial charge < -0.3 is 9.80 Å². The summed E-state index contributed by atoms with van der Waals surface area (Å²) in [4.78, 5) is 28.3. The number of benzene rings is 1. The standard InChI is InChI=1S/C17H18BrN3O2/c1-20(17(11-19)7-4-8-17)16(23)12-9-15(22)21(10-12)14-6-3-2-5-13(14)18/h2-3,5-6,12H,4,7-10H2,1H3. The fourth-order valence-electron chi connectivity index (χ4n) is 3.30. The molecule has 0 spiro atoms. The third-order valence-corrected chi connectivity index (χ3v) is 5.65. The molecule has 120 valence electrons. The van der Waals surface area contributed by atoms with Crippen LogP contribution in [0.2, 0.25) is 0 Å². The molecule has 5 nitrogen and oxygen atoms in total. The Morgan fingerprint density at radius 3 is 2.70 bits per heavy atom.